The molecule has 1 heterocycles. The Bertz CT molecular complexity index is 995. The molecule has 1 aliphatic rings. The maximum absolute atomic E-state index is 13.2. The minimum atomic E-state index is -3.60. The van der Waals surface area contributed by atoms with E-state index in [-0.39, 0.29) is 16.8 Å². The SMILES string of the molecule is Cc1ccc(S(=O)(=O)N2CCC(C)CC2)cc1C(=O)NC(CC(C)C)c1ccccc1. The first kappa shape index (κ1) is 23.5. The maximum atomic E-state index is 13.2. The third-order valence-electron chi connectivity index (χ3n) is 6.05. The van der Waals surface area contributed by atoms with Crippen LogP contribution in [0.1, 0.15) is 67.6 Å². The number of aryl methyl sites for hydroxylation is 1. The minimum Gasteiger partial charge on any atom is -0.345 e. The number of carbonyl (C=O) groups excluding carboxylic acids is 1. The van der Waals surface area contributed by atoms with Gasteiger partial charge in [-0.1, -0.05) is 57.2 Å². The van der Waals surface area contributed by atoms with Crippen molar-refractivity contribution in [3.8, 4) is 0 Å². The van der Waals surface area contributed by atoms with E-state index < -0.39 is 10.0 Å². The van der Waals surface area contributed by atoms with Crippen LogP contribution in [0.15, 0.2) is 53.4 Å². The first-order valence-corrected chi connectivity index (χ1v) is 12.6. The van der Waals surface area contributed by atoms with Gasteiger partial charge in [-0.2, -0.15) is 4.31 Å². The number of carbonyl (C=O) groups is 1. The topological polar surface area (TPSA) is 66.5 Å². The van der Waals surface area contributed by atoms with Gasteiger partial charge in [0.2, 0.25) is 10.0 Å². The summed E-state index contributed by atoms with van der Waals surface area (Å²) >= 11 is 0. The van der Waals surface area contributed by atoms with Crippen molar-refractivity contribution in [3.63, 3.8) is 0 Å². The Morgan fingerprint density at radius 2 is 1.74 bits per heavy atom. The molecule has 0 bridgehead atoms. The lowest BCUT2D eigenvalue weighted by atomic mass is 9.96. The lowest BCUT2D eigenvalue weighted by Crippen LogP contribution is -2.38. The monoisotopic (exact) mass is 442 g/mol. The summed E-state index contributed by atoms with van der Waals surface area (Å²) in [5, 5.41) is 3.14. The molecule has 3 rings (SSSR count). The molecule has 1 fully saturated rings. The van der Waals surface area contributed by atoms with E-state index in [2.05, 4.69) is 26.1 Å². The molecule has 1 atom stereocenters. The number of nitrogens with one attached hydrogen (secondary N) is 1. The number of piperidine rings is 1. The summed E-state index contributed by atoms with van der Waals surface area (Å²) in [7, 11) is -3.60. The molecule has 6 heteroatoms. The van der Waals surface area contributed by atoms with Gasteiger partial charge in [0.15, 0.2) is 0 Å². The van der Waals surface area contributed by atoms with Gasteiger partial charge in [-0.05, 0) is 61.3 Å². The van der Waals surface area contributed by atoms with Gasteiger partial charge in [-0.15, -0.1) is 0 Å². The van der Waals surface area contributed by atoms with Crippen LogP contribution in [0.2, 0.25) is 0 Å². The summed E-state index contributed by atoms with van der Waals surface area (Å²) in [4.78, 5) is 13.4. The zero-order chi connectivity index (χ0) is 22.6. The summed E-state index contributed by atoms with van der Waals surface area (Å²) in [6.07, 6.45) is 2.54. The number of hydrogen-bond acceptors (Lipinski definition) is 3. The van der Waals surface area contributed by atoms with Gasteiger partial charge in [0.1, 0.15) is 0 Å². The molecule has 0 spiro atoms. The van der Waals surface area contributed by atoms with Gasteiger partial charge in [0, 0.05) is 18.7 Å². The summed E-state index contributed by atoms with van der Waals surface area (Å²) in [5.41, 5.74) is 2.23. The predicted octanol–water partition coefficient (Wildman–Crippen LogP) is 4.93. The van der Waals surface area contributed by atoms with E-state index in [0.29, 0.717) is 30.5 Å². The van der Waals surface area contributed by atoms with Gasteiger partial charge in [-0.25, -0.2) is 8.42 Å². The Morgan fingerprint density at radius 3 is 2.35 bits per heavy atom. The zero-order valence-electron chi connectivity index (χ0n) is 19.0. The van der Waals surface area contributed by atoms with E-state index >= 15 is 0 Å². The highest BCUT2D eigenvalue weighted by Crippen LogP contribution is 2.26. The van der Waals surface area contributed by atoms with E-state index in [1.807, 2.05) is 37.3 Å². The molecule has 5 nitrogen and oxygen atoms in total. The van der Waals surface area contributed by atoms with Crippen molar-refractivity contribution in [2.24, 2.45) is 11.8 Å². The molecular formula is C25H34N2O3S. The number of rotatable bonds is 7. The fourth-order valence-corrected chi connectivity index (χ4v) is 5.55. The molecular weight excluding hydrogens is 408 g/mol. The van der Waals surface area contributed by atoms with Crippen LogP contribution in [-0.4, -0.2) is 31.7 Å². The first-order valence-electron chi connectivity index (χ1n) is 11.1. The Morgan fingerprint density at radius 1 is 1.10 bits per heavy atom. The Labute approximate surface area is 186 Å². The van der Waals surface area contributed by atoms with Crippen molar-refractivity contribution in [3.05, 3.63) is 65.2 Å². The van der Waals surface area contributed by atoms with E-state index in [0.717, 1.165) is 30.4 Å². The largest absolute Gasteiger partial charge is 0.345 e. The number of sulfonamides is 1. The van der Waals surface area contributed by atoms with Crippen molar-refractivity contribution in [2.45, 2.75) is 57.9 Å². The normalized spacial score (nSPS) is 16.9. The van der Waals surface area contributed by atoms with Crippen LogP contribution in [0.25, 0.3) is 0 Å². The highest BCUT2D eigenvalue weighted by Gasteiger charge is 2.29. The summed E-state index contributed by atoms with van der Waals surface area (Å²) < 4.78 is 27.9. The minimum absolute atomic E-state index is 0.128. The summed E-state index contributed by atoms with van der Waals surface area (Å²) in [5.74, 6) is 0.706. The van der Waals surface area contributed by atoms with Crippen LogP contribution >= 0.6 is 0 Å². The van der Waals surface area contributed by atoms with E-state index in [4.69, 9.17) is 0 Å². The third-order valence-corrected chi connectivity index (χ3v) is 7.94. The lowest BCUT2D eigenvalue weighted by Gasteiger charge is -2.29. The fraction of sp³-hybridized carbons (Fsp3) is 0.480. The fourth-order valence-electron chi connectivity index (χ4n) is 4.05. The number of amides is 1. The second-order valence-electron chi connectivity index (χ2n) is 9.13. The lowest BCUT2D eigenvalue weighted by molar-refractivity contribution is 0.0931. The molecule has 1 aliphatic heterocycles. The third kappa shape index (κ3) is 5.74. The molecule has 2 aromatic carbocycles. The molecule has 1 saturated heterocycles. The van der Waals surface area contributed by atoms with Crippen LogP contribution in [0.4, 0.5) is 0 Å². The van der Waals surface area contributed by atoms with Crippen molar-refractivity contribution in [2.75, 3.05) is 13.1 Å². The number of hydrogen-bond donors (Lipinski definition) is 1. The summed E-state index contributed by atoms with van der Waals surface area (Å²) in [6, 6.07) is 14.7. The van der Waals surface area contributed by atoms with Crippen molar-refractivity contribution >= 4 is 15.9 Å². The van der Waals surface area contributed by atoms with Crippen LogP contribution in [0.5, 0.6) is 0 Å². The second-order valence-corrected chi connectivity index (χ2v) is 11.1. The molecule has 0 radical (unpaired) electrons. The number of nitrogens with zero attached hydrogens (tertiary/aromatic N) is 1. The number of benzene rings is 2. The van der Waals surface area contributed by atoms with Crippen LogP contribution in [0, 0.1) is 18.8 Å². The predicted molar refractivity (Wildman–Crippen MR) is 124 cm³/mol. The average molecular weight is 443 g/mol. The molecule has 2 aromatic rings. The molecule has 1 N–H and O–H groups in total. The highest BCUT2D eigenvalue weighted by atomic mass is 32.2. The standard InChI is InChI=1S/C25H34N2O3S/c1-18(2)16-24(21-8-6-5-7-9-21)26-25(28)23-17-22(11-10-20(23)4)31(29,30)27-14-12-19(3)13-15-27/h5-11,17-19,24H,12-16H2,1-4H3,(H,26,28). The second kappa shape index (κ2) is 9.96. The van der Waals surface area contributed by atoms with Gasteiger partial charge in [0.05, 0.1) is 10.9 Å². The van der Waals surface area contributed by atoms with Crippen molar-refractivity contribution < 1.29 is 13.2 Å². The highest BCUT2D eigenvalue weighted by molar-refractivity contribution is 7.89. The van der Waals surface area contributed by atoms with Gasteiger partial charge >= 0.3 is 0 Å². The Hall–Kier alpha value is -2.18. The van der Waals surface area contributed by atoms with E-state index in [1.54, 1.807) is 16.4 Å². The van der Waals surface area contributed by atoms with Crippen LogP contribution < -0.4 is 5.32 Å². The van der Waals surface area contributed by atoms with Crippen LogP contribution in [-0.2, 0) is 10.0 Å². The molecule has 0 aliphatic carbocycles. The zero-order valence-corrected chi connectivity index (χ0v) is 19.8. The van der Waals surface area contributed by atoms with E-state index in [9.17, 15) is 13.2 Å². The quantitative estimate of drug-likeness (QED) is 0.661. The molecule has 1 amide bonds. The van der Waals surface area contributed by atoms with Gasteiger partial charge in [-0.3, -0.25) is 4.79 Å². The Balaban J connectivity index is 1.85. The van der Waals surface area contributed by atoms with Crippen molar-refractivity contribution in [1.29, 1.82) is 0 Å². The molecule has 0 saturated carbocycles. The van der Waals surface area contributed by atoms with Gasteiger partial charge < -0.3 is 5.32 Å². The van der Waals surface area contributed by atoms with Gasteiger partial charge in [0.25, 0.3) is 5.91 Å². The first-order chi connectivity index (χ1) is 14.7. The molecule has 31 heavy (non-hydrogen) atoms. The summed E-state index contributed by atoms with van der Waals surface area (Å²) in [6.45, 7) is 9.30. The van der Waals surface area contributed by atoms with Crippen molar-refractivity contribution in [1.82, 2.24) is 9.62 Å². The average Bonchev–Trinajstić information content (AvgIpc) is 2.74. The smallest absolute Gasteiger partial charge is 0.252 e. The van der Waals surface area contributed by atoms with E-state index in [1.165, 1.54) is 6.07 Å². The van der Waals surface area contributed by atoms with Crippen LogP contribution in [0.3, 0.4) is 0 Å². The molecule has 168 valence electrons. The molecule has 0 aromatic heterocycles. The Kier molecular flexibility index (Phi) is 7.55. The maximum Gasteiger partial charge on any atom is 0.252 e. The molecule has 1 unspecified atom stereocenters.